The predicted octanol–water partition coefficient (Wildman–Crippen LogP) is 2.31. The Balaban J connectivity index is 2.41. The van der Waals surface area contributed by atoms with Gasteiger partial charge in [0.05, 0.1) is 12.2 Å². The Hall–Kier alpha value is -1.55. The molecule has 0 amide bonds. The minimum Gasteiger partial charge on any atom is -0.460 e. The number of para-hydroxylation sites is 1. The van der Waals surface area contributed by atoms with Crippen molar-refractivity contribution in [2.75, 3.05) is 32.2 Å². The SMILES string of the molecule is CCCOCCOC(=O)c1ccccc1NC. The number of carbonyl (C=O) groups is 1. The fraction of sp³-hybridized carbons (Fsp3) is 0.462. The third-order valence-corrected chi connectivity index (χ3v) is 2.23. The molecule has 1 aromatic rings. The Kier molecular flexibility index (Phi) is 6.10. The molecule has 0 aliphatic heterocycles. The van der Waals surface area contributed by atoms with Gasteiger partial charge in [0.25, 0.3) is 0 Å². The standard InChI is InChI=1S/C13H19NO3/c1-3-8-16-9-10-17-13(15)11-6-4-5-7-12(11)14-2/h4-7,14H,3,8-10H2,1-2H3. The molecule has 4 nitrogen and oxygen atoms in total. The maximum Gasteiger partial charge on any atom is 0.340 e. The second kappa shape index (κ2) is 7.68. The molecule has 0 aliphatic rings. The lowest BCUT2D eigenvalue weighted by Gasteiger charge is -2.09. The lowest BCUT2D eigenvalue weighted by Crippen LogP contribution is -2.12. The molecule has 94 valence electrons. The summed E-state index contributed by atoms with van der Waals surface area (Å²) in [6, 6.07) is 7.25. The van der Waals surface area contributed by atoms with Gasteiger partial charge in [-0.3, -0.25) is 0 Å². The molecule has 4 heteroatoms. The van der Waals surface area contributed by atoms with Crippen molar-refractivity contribution < 1.29 is 14.3 Å². The summed E-state index contributed by atoms with van der Waals surface area (Å²) in [5, 5.41) is 2.96. The van der Waals surface area contributed by atoms with Gasteiger partial charge in [-0.15, -0.1) is 0 Å². The number of hydrogen-bond acceptors (Lipinski definition) is 4. The second-order valence-corrected chi connectivity index (χ2v) is 3.54. The van der Waals surface area contributed by atoms with E-state index >= 15 is 0 Å². The number of hydrogen-bond donors (Lipinski definition) is 1. The number of rotatable bonds is 7. The van der Waals surface area contributed by atoms with Crippen LogP contribution in [0.5, 0.6) is 0 Å². The Labute approximate surface area is 102 Å². The van der Waals surface area contributed by atoms with Crippen molar-refractivity contribution in [3.63, 3.8) is 0 Å². The van der Waals surface area contributed by atoms with E-state index < -0.39 is 0 Å². The van der Waals surface area contributed by atoms with Crippen LogP contribution in [0.3, 0.4) is 0 Å². The van der Waals surface area contributed by atoms with Crippen LogP contribution in [0.4, 0.5) is 5.69 Å². The number of nitrogens with one attached hydrogen (secondary N) is 1. The summed E-state index contributed by atoms with van der Waals surface area (Å²) in [4.78, 5) is 11.7. The summed E-state index contributed by atoms with van der Waals surface area (Å²) in [5.74, 6) is -0.324. The number of benzene rings is 1. The molecule has 1 rings (SSSR count). The maximum absolute atomic E-state index is 11.7. The summed E-state index contributed by atoms with van der Waals surface area (Å²) in [5.41, 5.74) is 1.32. The van der Waals surface area contributed by atoms with Crippen molar-refractivity contribution in [1.82, 2.24) is 0 Å². The molecule has 0 spiro atoms. The van der Waals surface area contributed by atoms with Crippen LogP contribution < -0.4 is 5.32 Å². The molecule has 17 heavy (non-hydrogen) atoms. The van der Waals surface area contributed by atoms with Gasteiger partial charge in [0.1, 0.15) is 6.61 Å². The van der Waals surface area contributed by atoms with E-state index in [-0.39, 0.29) is 12.6 Å². The van der Waals surface area contributed by atoms with Crippen molar-refractivity contribution in [2.45, 2.75) is 13.3 Å². The quantitative estimate of drug-likeness (QED) is 0.584. The van der Waals surface area contributed by atoms with Crippen LogP contribution in [0.2, 0.25) is 0 Å². The third kappa shape index (κ3) is 4.44. The van der Waals surface area contributed by atoms with Crippen LogP contribution in [-0.2, 0) is 9.47 Å². The molecule has 0 unspecified atom stereocenters. The predicted molar refractivity (Wildman–Crippen MR) is 67.4 cm³/mol. The zero-order valence-corrected chi connectivity index (χ0v) is 10.4. The highest BCUT2D eigenvalue weighted by atomic mass is 16.6. The van der Waals surface area contributed by atoms with E-state index in [1.54, 1.807) is 13.1 Å². The first-order valence-electron chi connectivity index (χ1n) is 5.81. The molecule has 0 heterocycles. The van der Waals surface area contributed by atoms with E-state index in [0.717, 1.165) is 12.1 Å². The molecule has 0 saturated carbocycles. The van der Waals surface area contributed by atoms with E-state index in [1.165, 1.54) is 0 Å². The fourth-order valence-electron chi connectivity index (χ4n) is 1.40. The number of ether oxygens (including phenoxy) is 2. The van der Waals surface area contributed by atoms with Gasteiger partial charge in [-0.05, 0) is 18.6 Å². The summed E-state index contributed by atoms with van der Waals surface area (Å²) in [6.07, 6.45) is 0.969. The van der Waals surface area contributed by atoms with Gasteiger partial charge in [0.15, 0.2) is 0 Å². The van der Waals surface area contributed by atoms with E-state index in [0.29, 0.717) is 18.8 Å². The molecule has 0 atom stereocenters. The van der Waals surface area contributed by atoms with Gasteiger partial charge in [-0.25, -0.2) is 4.79 Å². The largest absolute Gasteiger partial charge is 0.460 e. The fourth-order valence-corrected chi connectivity index (χ4v) is 1.40. The average molecular weight is 237 g/mol. The molecular formula is C13H19NO3. The summed E-state index contributed by atoms with van der Waals surface area (Å²) in [7, 11) is 1.77. The van der Waals surface area contributed by atoms with Crippen LogP contribution >= 0.6 is 0 Å². The molecule has 0 saturated heterocycles. The maximum atomic E-state index is 11.7. The highest BCUT2D eigenvalue weighted by molar-refractivity contribution is 5.95. The average Bonchev–Trinajstić information content (AvgIpc) is 2.38. The van der Waals surface area contributed by atoms with Crippen molar-refractivity contribution in [3.8, 4) is 0 Å². The highest BCUT2D eigenvalue weighted by Crippen LogP contribution is 2.14. The van der Waals surface area contributed by atoms with Crippen LogP contribution in [0.15, 0.2) is 24.3 Å². The smallest absolute Gasteiger partial charge is 0.340 e. The zero-order chi connectivity index (χ0) is 12.5. The number of carbonyl (C=O) groups excluding carboxylic acids is 1. The minimum absolute atomic E-state index is 0.289. The van der Waals surface area contributed by atoms with E-state index in [1.807, 2.05) is 25.1 Å². The lowest BCUT2D eigenvalue weighted by molar-refractivity contribution is 0.0319. The normalized spacial score (nSPS) is 10.0. The van der Waals surface area contributed by atoms with Crippen LogP contribution in [0, 0.1) is 0 Å². The molecule has 0 radical (unpaired) electrons. The Morgan fingerprint density at radius 1 is 1.24 bits per heavy atom. The van der Waals surface area contributed by atoms with Crippen LogP contribution in [0.1, 0.15) is 23.7 Å². The van der Waals surface area contributed by atoms with Gasteiger partial charge >= 0.3 is 5.97 Å². The van der Waals surface area contributed by atoms with Crippen molar-refractivity contribution in [1.29, 1.82) is 0 Å². The molecule has 0 fully saturated rings. The number of anilines is 1. The van der Waals surface area contributed by atoms with Crippen LogP contribution in [-0.4, -0.2) is 32.8 Å². The Bertz CT molecular complexity index is 352. The summed E-state index contributed by atoms with van der Waals surface area (Å²) < 4.78 is 10.3. The van der Waals surface area contributed by atoms with Crippen LogP contribution in [0.25, 0.3) is 0 Å². The van der Waals surface area contributed by atoms with Crippen molar-refractivity contribution in [2.24, 2.45) is 0 Å². The monoisotopic (exact) mass is 237 g/mol. The van der Waals surface area contributed by atoms with E-state index in [2.05, 4.69) is 5.32 Å². The topological polar surface area (TPSA) is 47.6 Å². The van der Waals surface area contributed by atoms with E-state index in [4.69, 9.17) is 9.47 Å². The van der Waals surface area contributed by atoms with Gasteiger partial charge in [0.2, 0.25) is 0 Å². The van der Waals surface area contributed by atoms with E-state index in [9.17, 15) is 4.79 Å². The molecule has 1 N–H and O–H groups in total. The molecule has 0 aliphatic carbocycles. The Morgan fingerprint density at radius 2 is 2.00 bits per heavy atom. The van der Waals surface area contributed by atoms with Crippen molar-refractivity contribution >= 4 is 11.7 Å². The first kappa shape index (κ1) is 13.5. The first-order chi connectivity index (χ1) is 8.29. The molecule has 1 aromatic carbocycles. The van der Waals surface area contributed by atoms with Gasteiger partial charge in [0, 0.05) is 19.3 Å². The molecule has 0 bridgehead atoms. The summed E-state index contributed by atoms with van der Waals surface area (Å²) in [6.45, 7) is 3.47. The summed E-state index contributed by atoms with van der Waals surface area (Å²) >= 11 is 0. The number of esters is 1. The van der Waals surface area contributed by atoms with Crippen molar-refractivity contribution in [3.05, 3.63) is 29.8 Å². The van der Waals surface area contributed by atoms with Gasteiger partial charge in [-0.2, -0.15) is 0 Å². The lowest BCUT2D eigenvalue weighted by atomic mass is 10.2. The third-order valence-electron chi connectivity index (χ3n) is 2.23. The minimum atomic E-state index is -0.324. The molecule has 0 aromatic heterocycles. The van der Waals surface area contributed by atoms with Gasteiger partial charge < -0.3 is 14.8 Å². The highest BCUT2D eigenvalue weighted by Gasteiger charge is 2.10. The second-order valence-electron chi connectivity index (χ2n) is 3.54. The zero-order valence-electron chi connectivity index (χ0n) is 10.4. The molecular weight excluding hydrogens is 218 g/mol. The first-order valence-corrected chi connectivity index (χ1v) is 5.81. The van der Waals surface area contributed by atoms with Gasteiger partial charge in [-0.1, -0.05) is 19.1 Å². The Morgan fingerprint density at radius 3 is 2.71 bits per heavy atom.